The number of thiol groups is 2. The normalized spacial score (nSPS) is 9.54. The first kappa shape index (κ1) is 13.4. The molecule has 0 unspecified atom stereocenters. The van der Waals surface area contributed by atoms with Crippen LogP contribution in [-0.4, -0.2) is 4.58 Å². The van der Waals surface area contributed by atoms with E-state index in [1.165, 1.54) is 19.3 Å². The first-order valence-corrected chi connectivity index (χ1v) is 6.58. The van der Waals surface area contributed by atoms with Crippen LogP contribution in [0.3, 0.4) is 0 Å². The van der Waals surface area contributed by atoms with E-state index in [-0.39, 0.29) is 0 Å². The molecule has 0 aliphatic rings. The highest BCUT2D eigenvalue weighted by molar-refractivity contribution is 7.99. The van der Waals surface area contributed by atoms with Crippen LogP contribution < -0.4 is 0 Å². The molecule has 0 fully saturated rings. The average Bonchev–Trinajstić information content (AvgIpc) is 2.61. The van der Waals surface area contributed by atoms with Gasteiger partial charge in [0, 0.05) is 4.58 Å². The Kier molecular flexibility index (Phi) is 10.8. The molecular weight excluding hydrogens is 216 g/mol. The first-order chi connectivity index (χ1) is 6.27. The number of thiophene rings is 1. The highest BCUT2D eigenvalue weighted by Gasteiger charge is 1.92. The second-order valence-electron chi connectivity index (χ2n) is 2.77. The number of unbranched alkanes of at least 4 members (excludes halogenated alkanes) is 2. The fourth-order valence-corrected chi connectivity index (χ4v) is 1.62. The Morgan fingerprint density at radius 1 is 1.15 bits per heavy atom. The van der Waals surface area contributed by atoms with Crippen molar-refractivity contribution in [2.45, 2.75) is 37.2 Å². The zero-order valence-electron chi connectivity index (χ0n) is 8.02. The highest BCUT2D eigenvalue weighted by atomic mass is 32.2. The van der Waals surface area contributed by atoms with E-state index >= 15 is 0 Å². The molecule has 13 heavy (non-hydrogen) atoms. The van der Waals surface area contributed by atoms with Gasteiger partial charge in [-0.3, -0.25) is 0 Å². The van der Waals surface area contributed by atoms with Crippen molar-refractivity contribution in [3.63, 3.8) is 0 Å². The fraction of sp³-hybridized carbons (Fsp3) is 0.600. The summed E-state index contributed by atoms with van der Waals surface area (Å²) >= 11 is 9.98. The van der Waals surface area contributed by atoms with Crippen LogP contribution in [0.15, 0.2) is 22.9 Å². The van der Waals surface area contributed by atoms with Crippen LogP contribution in [0.2, 0.25) is 0 Å². The molecule has 1 rings (SSSR count). The molecule has 0 N–H and O–H groups in total. The van der Waals surface area contributed by atoms with E-state index in [1.807, 2.05) is 22.9 Å². The zero-order valence-corrected chi connectivity index (χ0v) is 10.6. The predicted octanol–water partition coefficient (Wildman–Crippen LogP) is 4.50. The summed E-state index contributed by atoms with van der Waals surface area (Å²) in [6.45, 7) is 2.20. The SMILES string of the molecule is CCCCCC(S)S.c1ccsc1. The van der Waals surface area contributed by atoms with Crippen LogP contribution >= 0.6 is 36.6 Å². The Balaban J connectivity index is 0.000000243. The van der Waals surface area contributed by atoms with Gasteiger partial charge in [0.2, 0.25) is 0 Å². The minimum absolute atomic E-state index is 0.293. The standard InChI is InChI=1S/C6H14S2.C4H4S/c1-2-3-4-5-6(7)8;1-2-4-5-3-1/h6-8H,2-5H2,1H3;1-4H. The van der Waals surface area contributed by atoms with Gasteiger partial charge in [-0.15, -0.1) is 0 Å². The predicted molar refractivity (Wildman–Crippen MR) is 70.2 cm³/mol. The van der Waals surface area contributed by atoms with E-state index in [1.54, 1.807) is 11.3 Å². The van der Waals surface area contributed by atoms with Crippen molar-refractivity contribution in [3.8, 4) is 0 Å². The Bertz CT molecular complexity index is 141. The average molecular weight is 234 g/mol. The van der Waals surface area contributed by atoms with Crippen molar-refractivity contribution in [2.24, 2.45) is 0 Å². The second kappa shape index (κ2) is 10.5. The summed E-state index contributed by atoms with van der Waals surface area (Å²) in [4.78, 5) is 0. The molecule has 1 aromatic heterocycles. The second-order valence-corrected chi connectivity index (χ2v) is 5.24. The first-order valence-electron chi connectivity index (χ1n) is 4.60. The minimum Gasteiger partial charge on any atom is -0.165 e. The smallest absolute Gasteiger partial charge is 0.0442 e. The maximum absolute atomic E-state index is 4.14. The van der Waals surface area contributed by atoms with Crippen LogP contribution in [0.5, 0.6) is 0 Å². The van der Waals surface area contributed by atoms with E-state index in [0.717, 1.165) is 6.42 Å². The lowest BCUT2D eigenvalue weighted by Gasteiger charge is -1.99. The van der Waals surface area contributed by atoms with E-state index < -0.39 is 0 Å². The molecule has 76 valence electrons. The lowest BCUT2D eigenvalue weighted by molar-refractivity contribution is 0.698. The molecule has 1 heterocycles. The number of rotatable bonds is 4. The van der Waals surface area contributed by atoms with E-state index in [4.69, 9.17) is 0 Å². The molecule has 0 atom stereocenters. The van der Waals surface area contributed by atoms with Crippen molar-refractivity contribution >= 4 is 36.6 Å². The molecule has 0 radical (unpaired) electrons. The maximum atomic E-state index is 4.14. The van der Waals surface area contributed by atoms with Crippen LogP contribution in [0.1, 0.15) is 32.6 Å². The lowest BCUT2D eigenvalue weighted by Crippen LogP contribution is -1.85. The van der Waals surface area contributed by atoms with Crippen molar-refractivity contribution in [3.05, 3.63) is 22.9 Å². The minimum atomic E-state index is 0.293. The van der Waals surface area contributed by atoms with Crippen molar-refractivity contribution < 1.29 is 0 Å². The molecule has 3 heteroatoms. The van der Waals surface area contributed by atoms with Gasteiger partial charge in [-0.05, 0) is 17.2 Å². The van der Waals surface area contributed by atoms with E-state index in [9.17, 15) is 0 Å². The van der Waals surface area contributed by atoms with Crippen LogP contribution in [0.25, 0.3) is 0 Å². The molecule has 0 bridgehead atoms. The molecule has 0 saturated carbocycles. The monoisotopic (exact) mass is 234 g/mol. The van der Waals surface area contributed by atoms with Gasteiger partial charge in [0.15, 0.2) is 0 Å². The molecular formula is C10H18S3. The number of hydrogen-bond acceptors (Lipinski definition) is 3. The molecule has 0 amide bonds. The summed E-state index contributed by atoms with van der Waals surface area (Å²) in [5, 5.41) is 4.08. The van der Waals surface area contributed by atoms with Crippen LogP contribution in [-0.2, 0) is 0 Å². The maximum Gasteiger partial charge on any atom is 0.0442 e. The van der Waals surface area contributed by atoms with Gasteiger partial charge in [0.05, 0.1) is 0 Å². The van der Waals surface area contributed by atoms with Gasteiger partial charge in [-0.25, -0.2) is 0 Å². The van der Waals surface area contributed by atoms with Gasteiger partial charge >= 0.3 is 0 Å². The lowest BCUT2D eigenvalue weighted by atomic mass is 10.2. The van der Waals surface area contributed by atoms with Gasteiger partial charge < -0.3 is 0 Å². The molecule has 1 aromatic rings. The van der Waals surface area contributed by atoms with E-state index in [0.29, 0.717) is 4.58 Å². The van der Waals surface area contributed by atoms with Gasteiger partial charge in [-0.1, -0.05) is 38.3 Å². The van der Waals surface area contributed by atoms with Gasteiger partial charge in [0.25, 0.3) is 0 Å². The fourth-order valence-electron chi connectivity index (χ4n) is 0.804. The summed E-state index contributed by atoms with van der Waals surface area (Å²) in [5.74, 6) is 0. The Morgan fingerprint density at radius 3 is 2.08 bits per heavy atom. The largest absolute Gasteiger partial charge is 0.165 e. The van der Waals surface area contributed by atoms with Gasteiger partial charge in [0.1, 0.15) is 0 Å². The third kappa shape index (κ3) is 12.4. The van der Waals surface area contributed by atoms with Crippen molar-refractivity contribution in [1.82, 2.24) is 0 Å². The summed E-state index contributed by atoms with van der Waals surface area (Å²) in [7, 11) is 0. The molecule has 0 aliphatic heterocycles. The highest BCUT2D eigenvalue weighted by Crippen LogP contribution is 2.10. The summed E-state index contributed by atoms with van der Waals surface area (Å²) in [6.07, 6.45) is 5.01. The third-order valence-electron chi connectivity index (χ3n) is 1.49. The van der Waals surface area contributed by atoms with Crippen LogP contribution in [0.4, 0.5) is 0 Å². The molecule has 0 aliphatic carbocycles. The molecule has 0 aromatic carbocycles. The van der Waals surface area contributed by atoms with Crippen molar-refractivity contribution in [2.75, 3.05) is 0 Å². The quantitative estimate of drug-likeness (QED) is 0.428. The van der Waals surface area contributed by atoms with E-state index in [2.05, 4.69) is 32.2 Å². The summed E-state index contributed by atoms with van der Waals surface area (Å²) < 4.78 is 0.293. The zero-order chi connectivity index (χ0) is 9.94. The van der Waals surface area contributed by atoms with Crippen molar-refractivity contribution in [1.29, 1.82) is 0 Å². The van der Waals surface area contributed by atoms with Gasteiger partial charge in [-0.2, -0.15) is 36.6 Å². The Hall–Kier alpha value is 0.400. The molecule has 0 saturated heterocycles. The Morgan fingerprint density at radius 2 is 1.77 bits per heavy atom. The summed E-state index contributed by atoms with van der Waals surface area (Å²) in [6, 6.07) is 4.04. The molecule has 0 nitrogen and oxygen atoms in total. The summed E-state index contributed by atoms with van der Waals surface area (Å²) in [5.41, 5.74) is 0. The topological polar surface area (TPSA) is 0 Å². The number of hydrogen-bond donors (Lipinski definition) is 2. The van der Waals surface area contributed by atoms with Crippen LogP contribution in [0, 0.1) is 0 Å². The Labute approximate surface area is 96.6 Å². The third-order valence-corrected chi connectivity index (χ3v) is 2.64. The molecule has 0 spiro atoms.